The van der Waals surface area contributed by atoms with E-state index in [-0.39, 0.29) is 28.8 Å². The highest BCUT2D eigenvalue weighted by molar-refractivity contribution is 5.96. The third-order valence-corrected chi connectivity index (χ3v) is 6.91. The SMILES string of the molecule is COC[C@H]1O[C@@H](c2c(OC)cc3oc4cc(OC)c(OC)cc4c(=O)c3c2OC)[C@H](OC)[C@@H](OC)[C@@H]1OC. The highest BCUT2D eigenvalue weighted by Gasteiger charge is 2.49. The smallest absolute Gasteiger partial charge is 0.204 e. The molecule has 2 heterocycles. The van der Waals surface area contributed by atoms with Crippen LogP contribution >= 0.6 is 0 Å². The van der Waals surface area contributed by atoms with Crippen molar-refractivity contribution in [3.8, 4) is 23.0 Å². The van der Waals surface area contributed by atoms with Crippen LogP contribution in [0.5, 0.6) is 23.0 Å². The lowest BCUT2D eigenvalue weighted by Crippen LogP contribution is -2.57. The molecule has 0 spiro atoms. The number of ether oxygens (including phenoxy) is 9. The van der Waals surface area contributed by atoms with Crippen molar-refractivity contribution in [1.82, 2.24) is 0 Å². The Morgan fingerprint density at radius 1 is 0.711 bits per heavy atom. The van der Waals surface area contributed by atoms with Crippen LogP contribution in [0.4, 0.5) is 0 Å². The summed E-state index contributed by atoms with van der Waals surface area (Å²) in [6.07, 6.45) is -2.93. The van der Waals surface area contributed by atoms with E-state index in [0.717, 1.165) is 0 Å². The Kier molecular flexibility index (Phi) is 8.64. The third kappa shape index (κ3) is 4.54. The fraction of sp³-hybridized carbons (Fsp3) is 0.519. The summed E-state index contributed by atoms with van der Waals surface area (Å²) in [5, 5.41) is 0.511. The molecule has 0 radical (unpaired) electrons. The zero-order valence-corrected chi connectivity index (χ0v) is 22.8. The standard InChI is InChI=1S/C27H34O11/c1-29-12-19-23(33-5)26(35-7)27(36-8)25(38-19)21-17(32-4)11-18-20(24(21)34-6)22(28)13-9-15(30-2)16(31-3)10-14(13)37-18/h9-11,19,23,25-27H,12H2,1-8H3/t19-,23-,25+,26+,27+/m1/s1. The first-order valence-electron chi connectivity index (χ1n) is 11.9. The van der Waals surface area contributed by atoms with E-state index in [1.807, 2.05) is 0 Å². The summed E-state index contributed by atoms with van der Waals surface area (Å²) in [5.41, 5.74) is 0.741. The molecule has 2 aromatic carbocycles. The lowest BCUT2D eigenvalue weighted by molar-refractivity contribution is -0.252. The minimum Gasteiger partial charge on any atom is -0.496 e. The Balaban J connectivity index is 2.03. The molecule has 5 atom stereocenters. The fourth-order valence-corrected chi connectivity index (χ4v) is 5.21. The van der Waals surface area contributed by atoms with Crippen LogP contribution in [0.2, 0.25) is 0 Å². The molecule has 0 amide bonds. The molecular formula is C27H34O11. The van der Waals surface area contributed by atoms with Gasteiger partial charge in [0.1, 0.15) is 58.6 Å². The Labute approximate surface area is 220 Å². The molecule has 1 fully saturated rings. The molecule has 1 aliphatic heterocycles. The predicted molar refractivity (Wildman–Crippen MR) is 138 cm³/mol. The van der Waals surface area contributed by atoms with Crippen LogP contribution in [-0.4, -0.2) is 87.9 Å². The molecule has 0 bridgehead atoms. The molecule has 1 aliphatic rings. The molecule has 38 heavy (non-hydrogen) atoms. The second-order valence-electron chi connectivity index (χ2n) is 8.68. The summed E-state index contributed by atoms with van der Waals surface area (Å²) in [7, 11) is 12.3. The maximum absolute atomic E-state index is 13.9. The first kappa shape index (κ1) is 27.9. The van der Waals surface area contributed by atoms with E-state index in [9.17, 15) is 4.79 Å². The molecule has 4 rings (SSSR count). The van der Waals surface area contributed by atoms with Crippen molar-refractivity contribution >= 4 is 21.9 Å². The minimum absolute atomic E-state index is 0.215. The van der Waals surface area contributed by atoms with Gasteiger partial charge in [-0.2, -0.15) is 0 Å². The van der Waals surface area contributed by atoms with Gasteiger partial charge in [-0.3, -0.25) is 4.79 Å². The maximum Gasteiger partial charge on any atom is 0.204 e. The lowest BCUT2D eigenvalue weighted by Gasteiger charge is -2.45. The summed E-state index contributed by atoms with van der Waals surface area (Å²) < 4.78 is 57.9. The van der Waals surface area contributed by atoms with Crippen molar-refractivity contribution in [3.05, 3.63) is 34.0 Å². The predicted octanol–water partition coefficient (Wildman–Crippen LogP) is 3.11. The molecule has 208 valence electrons. The van der Waals surface area contributed by atoms with E-state index in [2.05, 4.69) is 0 Å². The second kappa shape index (κ2) is 11.7. The molecule has 0 N–H and O–H groups in total. The van der Waals surface area contributed by atoms with Gasteiger partial charge in [0.2, 0.25) is 5.43 Å². The van der Waals surface area contributed by atoms with Gasteiger partial charge in [-0.15, -0.1) is 0 Å². The molecular weight excluding hydrogens is 500 g/mol. The van der Waals surface area contributed by atoms with Gasteiger partial charge in [0, 0.05) is 40.6 Å². The van der Waals surface area contributed by atoms with Crippen molar-refractivity contribution in [2.45, 2.75) is 30.5 Å². The lowest BCUT2D eigenvalue weighted by atomic mass is 9.89. The zero-order valence-electron chi connectivity index (χ0n) is 22.8. The van der Waals surface area contributed by atoms with E-state index in [0.29, 0.717) is 33.8 Å². The summed E-state index contributed by atoms with van der Waals surface area (Å²) in [5.74, 6) is 1.44. The average molecular weight is 535 g/mol. The summed E-state index contributed by atoms with van der Waals surface area (Å²) in [6.45, 7) is 0.234. The monoisotopic (exact) mass is 534 g/mol. The highest BCUT2D eigenvalue weighted by Crippen LogP contribution is 2.47. The topological polar surface area (TPSA) is 113 Å². The Hall–Kier alpha value is -3.09. The zero-order chi connectivity index (χ0) is 27.6. The van der Waals surface area contributed by atoms with Crippen LogP contribution in [0, 0.1) is 0 Å². The normalized spacial score (nSPS) is 23.5. The van der Waals surface area contributed by atoms with Crippen molar-refractivity contribution in [1.29, 1.82) is 0 Å². The first-order valence-corrected chi connectivity index (χ1v) is 11.9. The molecule has 1 aromatic heterocycles. The van der Waals surface area contributed by atoms with E-state index < -0.39 is 30.5 Å². The minimum atomic E-state index is -0.772. The summed E-state index contributed by atoms with van der Waals surface area (Å²) in [4.78, 5) is 13.9. The van der Waals surface area contributed by atoms with Gasteiger partial charge in [0.25, 0.3) is 0 Å². The van der Waals surface area contributed by atoms with Gasteiger partial charge in [0.05, 0.1) is 46.0 Å². The van der Waals surface area contributed by atoms with Gasteiger partial charge in [-0.1, -0.05) is 0 Å². The van der Waals surface area contributed by atoms with E-state index in [1.165, 1.54) is 28.4 Å². The van der Waals surface area contributed by atoms with Gasteiger partial charge in [-0.25, -0.2) is 0 Å². The highest BCUT2D eigenvalue weighted by atomic mass is 16.6. The van der Waals surface area contributed by atoms with E-state index in [4.69, 9.17) is 47.0 Å². The number of hydrogen-bond donors (Lipinski definition) is 0. The average Bonchev–Trinajstić information content (AvgIpc) is 2.94. The molecule has 3 aromatic rings. The summed E-state index contributed by atoms with van der Waals surface area (Å²) >= 11 is 0. The quantitative estimate of drug-likeness (QED) is 0.358. The number of fused-ring (bicyclic) bond motifs is 2. The van der Waals surface area contributed by atoms with Crippen LogP contribution in [-0.2, 0) is 23.7 Å². The van der Waals surface area contributed by atoms with Crippen LogP contribution in [0.1, 0.15) is 11.7 Å². The second-order valence-corrected chi connectivity index (χ2v) is 8.68. The van der Waals surface area contributed by atoms with E-state index in [1.54, 1.807) is 46.6 Å². The van der Waals surface area contributed by atoms with Gasteiger partial charge in [-0.05, 0) is 6.07 Å². The fourth-order valence-electron chi connectivity index (χ4n) is 5.21. The van der Waals surface area contributed by atoms with Crippen molar-refractivity contribution in [2.24, 2.45) is 0 Å². The summed E-state index contributed by atoms with van der Waals surface area (Å²) in [6, 6.07) is 4.82. The maximum atomic E-state index is 13.9. The molecule has 1 saturated heterocycles. The number of benzene rings is 2. The molecule has 0 saturated carbocycles. The van der Waals surface area contributed by atoms with Crippen molar-refractivity contribution in [3.63, 3.8) is 0 Å². The Morgan fingerprint density at radius 3 is 1.87 bits per heavy atom. The third-order valence-electron chi connectivity index (χ3n) is 6.91. The molecule has 0 aliphatic carbocycles. The Morgan fingerprint density at radius 2 is 1.32 bits per heavy atom. The molecule has 0 unspecified atom stereocenters. The van der Waals surface area contributed by atoms with Crippen LogP contribution in [0.25, 0.3) is 21.9 Å². The van der Waals surface area contributed by atoms with Gasteiger partial charge >= 0.3 is 0 Å². The van der Waals surface area contributed by atoms with Crippen LogP contribution < -0.4 is 24.4 Å². The molecule has 11 nitrogen and oxygen atoms in total. The molecule has 11 heteroatoms. The van der Waals surface area contributed by atoms with Crippen molar-refractivity contribution < 1.29 is 47.0 Å². The van der Waals surface area contributed by atoms with Crippen LogP contribution in [0.15, 0.2) is 27.4 Å². The number of hydrogen-bond acceptors (Lipinski definition) is 11. The largest absolute Gasteiger partial charge is 0.496 e. The van der Waals surface area contributed by atoms with Gasteiger partial charge in [0.15, 0.2) is 11.5 Å². The number of rotatable bonds is 10. The van der Waals surface area contributed by atoms with Gasteiger partial charge < -0.3 is 47.0 Å². The first-order chi connectivity index (χ1) is 18.4. The van der Waals surface area contributed by atoms with Crippen molar-refractivity contribution in [2.75, 3.05) is 63.5 Å². The Bertz CT molecular complexity index is 1330. The number of methoxy groups -OCH3 is 8. The van der Waals surface area contributed by atoms with Crippen LogP contribution in [0.3, 0.4) is 0 Å². The van der Waals surface area contributed by atoms with E-state index >= 15 is 0 Å².